The van der Waals surface area contributed by atoms with Crippen molar-refractivity contribution in [3.05, 3.63) is 94.4 Å². The summed E-state index contributed by atoms with van der Waals surface area (Å²) in [5.41, 5.74) is 9.50. The molecule has 0 radical (unpaired) electrons. The number of nitrogens with one attached hydrogen (secondary N) is 1. The predicted octanol–water partition coefficient (Wildman–Crippen LogP) is 6.75. The van der Waals surface area contributed by atoms with Crippen molar-refractivity contribution in [2.75, 3.05) is 23.7 Å². The lowest BCUT2D eigenvalue weighted by atomic mass is 9.90. The van der Waals surface area contributed by atoms with Crippen LogP contribution in [0.15, 0.2) is 66.4 Å². The zero-order valence-electron chi connectivity index (χ0n) is 29.4. The molecule has 3 fully saturated rings. The highest BCUT2D eigenvalue weighted by atomic mass is 19.1. The number of urea groups is 1. The number of para-hydroxylation sites is 1. The second-order valence-electron chi connectivity index (χ2n) is 14.7. The summed E-state index contributed by atoms with van der Waals surface area (Å²) in [5, 5.41) is 7.20. The molecular formula is C40H41FN6O5. The molecule has 3 N–H and O–H groups in total. The molecule has 4 aliphatic rings. The fourth-order valence-electron chi connectivity index (χ4n) is 7.47. The van der Waals surface area contributed by atoms with Crippen LogP contribution >= 0.6 is 0 Å². The van der Waals surface area contributed by atoms with Gasteiger partial charge in [0.1, 0.15) is 29.0 Å². The number of benzene rings is 3. The molecule has 0 spiro atoms. The van der Waals surface area contributed by atoms with Gasteiger partial charge >= 0.3 is 6.03 Å². The van der Waals surface area contributed by atoms with Crippen LogP contribution in [0.2, 0.25) is 0 Å². The highest BCUT2D eigenvalue weighted by Gasteiger charge is 2.46. The summed E-state index contributed by atoms with van der Waals surface area (Å²) in [6.45, 7) is 7.08. The number of imide groups is 1. The average molecular weight is 705 g/mol. The van der Waals surface area contributed by atoms with Gasteiger partial charge in [-0.25, -0.2) is 18.8 Å². The molecule has 4 aromatic rings. The molecule has 2 aliphatic carbocycles. The molecule has 268 valence electrons. The summed E-state index contributed by atoms with van der Waals surface area (Å²) in [4.78, 5) is 44.3. The first kappa shape index (κ1) is 33.6. The first-order valence-electron chi connectivity index (χ1n) is 17.8. The maximum Gasteiger partial charge on any atom is 0.329 e. The molecule has 2 saturated heterocycles. The topological polar surface area (TPSA) is 132 Å². The van der Waals surface area contributed by atoms with Crippen molar-refractivity contribution in [1.82, 2.24) is 20.0 Å². The van der Waals surface area contributed by atoms with E-state index in [2.05, 4.69) is 15.3 Å². The van der Waals surface area contributed by atoms with E-state index in [1.54, 1.807) is 56.3 Å². The number of ketones is 1. The number of carbonyl (C=O) groups excluding carboxylic acids is 3. The molecular weight excluding hydrogens is 663 g/mol. The Morgan fingerprint density at radius 1 is 1.00 bits per heavy atom. The number of anilines is 2. The number of amides is 3. The van der Waals surface area contributed by atoms with Crippen LogP contribution < -0.4 is 25.4 Å². The van der Waals surface area contributed by atoms with E-state index < -0.39 is 17.4 Å². The summed E-state index contributed by atoms with van der Waals surface area (Å²) in [6, 6.07) is 15.2. The van der Waals surface area contributed by atoms with Crippen molar-refractivity contribution in [2.24, 2.45) is 0 Å². The molecule has 2 aliphatic heterocycles. The van der Waals surface area contributed by atoms with E-state index in [0.717, 1.165) is 47.5 Å². The molecule has 3 aromatic carbocycles. The second-order valence-corrected chi connectivity index (χ2v) is 14.7. The van der Waals surface area contributed by atoms with Crippen molar-refractivity contribution in [1.29, 1.82) is 0 Å². The zero-order valence-corrected chi connectivity index (χ0v) is 29.4. The van der Waals surface area contributed by atoms with E-state index in [-0.39, 0.29) is 41.3 Å². The van der Waals surface area contributed by atoms with Gasteiger partial charge in [0.25, 0.3) is 5.91 Å². The Bertz CT molecular complexity index is 2150. The van der Waals surface area contributed by atoms with Gasteiger partial charge in [0.05, 0.1) is 23.1 Å². The Kier molecular flexibility index (Phi) is 8.36. The minimum atomic E-state index is -1.07. The van der Waals surface area contributed by atoms with Crippen molar-refractivity contribution in [3.63, 3.8) is 0 Å². The number of ether oxygens (including phenoxy) is 2. The smallest absolute Gasteiger partial charge is 0.329 e. The average Bonchev–Trinajstić information content (AvgIpc) is 3.74. The normalized spacial score (nSPS) is 18.9. The molecule has 8 rings (SSSR count). The minimum absolute atomic E-state index is 0.0669. The maximum atomic E-state index is 14.2. The van der Waals surface area contributed by atoms with E-state index in [0.29, 0.717) is 34.5 Å². The number of halogens is 1. The summed E-state index contributed by atoms with van der Waals surface area (Å²) in [6.07, 6.45) is 8.97. The molecule has 1 aromatic heterocycles. The molecule has 0 atom stereocenters. The van der Waals surface area contributed by atoms with Crippen molar-refractivity contribution in [2.45, 2.75) is 77.0 Å². The molecule has 3 heterocycles. The lowest BCUT2D eigenvalue weighted by Crippen LogP contribution is -2.47. The van der Waals surface area contributed by atoms with Crippen LogP contribution in [0.5, 0.6) is 17.2 Å². The summed E-state index contributed by atoms with van der Waals surface area (Å²) >= 11 is 0. The fraction of sp³-hybridized carbons (Fsp3) is 0.350. The third kappa shape index (κ3) is 6.00. The van der Waals surface area contributed by atoms with Gasteiger partial charge in [-0.1, -0.05) is 18.6 Å². The van der Waals surface area contributed by atoms with Gasteiger partial charge in [-0.15, -0.1) is 0 Å². The van der Waals surface area contributed by atoms with Crippen LogP contribution in [0, 0.1) is 12.7 Å². The van der Waals surface area contributed by atoms with Crippen LogP contribution in [0.4, 0.5) is 20.7 Å². The van der Waals surface area contributed by atoms with Crippen molar-refractivity contribution in [3.8, 4) is 22.9 Å². The monoisotopic (exact) mass is 704 g/mol. The largest absolute Gasteiger partial charge is 0.488 e. The molecule has 1 saturated carbocycles. The quantitative estimate of drug-likeness (QED) is 0.145. The maximum absolute atomic E-state index is 14.2. The number of aryl methyl sites for hydroxylation is 1. The lowest BCUT2D eigenvalue weighted by Gasteiger charge is -2.41. The van der Waals surface area contributed by atoms with Crippen LogP contribution in [0.3, 0.4) is 0 Å². The Labute approximate surface area is 301 Å². The van der Waals surface area contributed by atoms with Crippen molar-refractivity contribution >= 4 is 35.3 Å². The highest BCUT2D eigenvalue weighted by molar-refractivity contribution is 6.24. The Hall–Kier alpha value is -5.49. The summed E-state index contributed by atoms with van der Waals surface area (Å²) in [5.74, 6) is 0.0906. The molecule has 52 heavy (non-hydrogen) atoms. The van der Waals surface area contributed by atoms with E-state index in [1.807, 2.05) is 19.1 Å². The number of allylic oxidation sites excluding steroid dienone is 1. The van der Waals surface area contributed by atoms with Crippen LogP contribution in [0.25, 0.3) is 11.8 Å². The Morgan fingerprint density at radius 3 is 2.44 bits per heavy atom. The van der Waals surface area contributed by atoms with Crippen LogP contribution in [0.1, 0.15) is 73.0 Å². The van der Waals surface area contributed by atoms with Crippen molar-refractivity contribution < 1.29 is 28.2 Å². The Morgan fingerprint density at radius 2 is 1.77 bits per heavy atom. The van der Waals surface area contributed by atoms with Gasteiger partial charge in [0, 0.05) is 31.1 Å². The predicted molar refractivity (Wildman–Crippen MR) is 195 cm³/mol. The van der Waals surface area contributed by atoms with Crippen LogP contribution in [-0.2, 0) is 11.2 Å². The zero-order chi connectivity index (χ0) is 36.3. The third-order valence-electron chi connectivity index (χ3n) is 10.7. The first-order valence-corrected chi connectivity index (χ1v) is 17.8. The SMILES string of the molecule is Cc1cc(-n2ncc(C(=O)C3=Cc4cc(OC5CCN(C6CCC6)CC5)c(N5C(=O)NC(C)(C)C5=O)cc4C3)c2N)ccc1Oc1ccccc1F. The van der Waals surface area contributed by atoms with E-state index >= 15 is 0 Å². The number of nitrogen functional groups attached to an aromatic ring is 1. The van der Waals surface area contributed by atoms with Crippen LogP contribution in [-0.4, -0.2) is 63.2 Å². The summed E-state index contributed by atoms with van der Waals surface area (Å²) < 4.78 is 28.0. The number of carbonyl (C=O) groups is 3. The number of fused-ring (bicyclic) bond motifs is 1. The number of Topliss-reactive ketones (excluding diaryl/α,β-unsaturated/α-hetero) is 1. The van der Waals surface area contributed by atoms with E-state index in [4.69, 9.17) is 15.2 Å². The highest BCUT2D eigenvalue weighted by Crippen LogP contribution is 2.41. The molecule has 12 heteroatoms. The summed E-state index contributed by atoms with van der Waals surface area (Å²) in [7, 11) is 0. The number of aromatic nitrogens is 2. The van der Waals surface area contributed by atoms with E-state index in [9.17, 15) is 18.8 Å². The number of nitrogens with two attached hydrogens (primary N) is 1. The fourth-order valence-corrected chi connectivity index (χ4v) is 7.47. The van der Waals surface area contributed by atoms with E-state index in [1.165, 1.54) is 36.2 Å². The minimum Gasteiger partial charge on any atom is -0.488 e. The lowest BCUT2D eigenvalue weighted by molar-refractivity contribution is -0.121. The molecule has 0 bridgehead atoms. The van der Waals surface area contributed by atoms with Gasteiger partial charge in [0.2, 0.25) is 0 Å². The Balaban J connectivity index is 1.04. The van der Waals surface area contributed by atoms with Gasteiger partial charge < -0.3 is 25.4 Å². The molecule has 11 nitrogen and oxygen atoms in total. The standard InChI is InChI=1S/C40H41FN6O5/c1-23-17-28(11-12-33(23)52-34-10-5-4-9-31(34)41)47-37(42)30(22-43-47)36(48)26-18-24-20-32(46-38(49)40(2,3)44-39(46)50)35(21-25(24)19-26)51-29-13-15-45(16-14-29)27-7-6-8-27/h4-5,9-12,17,19-22,27,29H,6-8,13-16,18,42H2,1-3H3,(H,44,50). The van der Waals surface area contributed by atoms with Gasteiger partial charge in [-0.3, -0.25) is 9.59 Å². The molecule has 0 unspecified atom stereocenters. The number of piperidine rings is 1. The second kappa shape index (κ2) is 12.9. The number of nitrogens with zero attached hydrogens (tertiary/aromatic N) is 4. The number of likely N-dealkylation sites (tertiary alicyclic amines) is 1. The van der Waals surface area contributed by atoms with Gasteiger partial charge in [0.15, 0.2) is 17.3 Å². The molecule has 3 amide bonds. The first-order chi connectivity index (χ1) is 25.0. The number of hydrogen-bond donors (Lipinski definition) is 2. The van der Waals surface area contributed by atoms with Gasteiger partial charge in [-0.2, -0.15) is 5.10 Å². The third-order valence-corrected chi connectivity index (χ3v) is 10.7. The number of rotatable bonds is 9. The van der Waals surface area contributed by atoms with Gasteiger partial charge in [-0.05, 0) is 112 Å². The number of hydrogen-bond acceptors (Lipinski definition) is 8.